The maximum Gasteiger partial charge on any atom is 0.124 e. The molecule has 0 aliphatic heterocycles. The zero-order chi connectivity index (χ0) is 15.4. The van der Waals surface area contributed by atoms with E-state index in [-0.39, 0.29) is 0 Å². The lowest BCUT2D eigenvalue weighted by Gasteiger charge is -2.02. The summed E-state index contributed by atoms with van der Waals surface area (Å²) < 4.78 is 0. The van der Waals surface area contributed by atoms with E-state index in [1.165, 1.54) is 10.4 Å². The molecule has 2 heterocycles. The molecule has 2 aromatic heterocycles. The van der Waals surface area contributed by atoms with E-state index < -0.39 is 0 Å². The quantitative estimate of drug-likeness (QED) is 0.600. The van der Waals surface area contributed by atoms with Crippen molar-refractivity contribution < 1.29 is 0 Å². The minimum Gasteiger partial charge on any atom is -0.265 e. The lowest BCUT2D eigenvalue weighted by molar-refractivity contribution is 1.14. The summed E-state index contributed by atoms with van der Waals surface area (Å²) in [6.45, 7) is 2.16. The first-order valence-electron chi connectivity index (χ1n) is 7.37. The molecule has 2 nitrogen and oxygen atoms in total. The highest BCUT2D eigenvalue weighted by Crippen LogP contribution is 2.34. The Kier molecular flexibility index (Phi) is 4.86. The van der Waals surface area contributed by atoms with Gasteiger partial charge in [-0.15, -0.1) is 22.9 Å². The molecule has 112 valence electrons. The number of pyridine rings is 1. The van der Waals surface area contributed by atoms with Crippen molar-refractivity contribution in [3.8, 4) is 21.8 Å². The molecule has 0 fully saturated rings. The number of hydrogen-bond donors (Lipinski definition) is 0. The number of thiazole rings is 1. The van der Waals surface area contributed by atoms with E-state index in [4.69, 9.17) is 16.6 Å². The highest BCUT2D eigenvalue weighted by Gasteiger charge is 2.14. The van der Waals surface area contributed by atoms with E-state index in [9.17, 15) is 0 Å². The monoisotopic (exact) mass is 328 g/mol. The van der Waals surface area contributed by atoms with Crippen molar-refractivity contribution in [2.24, 2.45) is 0 Å². The van der Waals surface area contributed by atoms with Gasteiger partial charge in [0.1, 0.15) is 5.01 Å². The van der Waals surface area contributed by atoms with E-state index in [1.807, 2.05) is 12.1 Å². The fourth-order valence-electron chi connectivity index (χ4n) is 2.35. The Hall–Kier alpha value is -1.71. The smallest absolute Gasteiger partial charge is 0.124 e. The van der Waals surface area contributed by atoms with E-state index >= 15 is 0 Å². The third-order valence-corrected chi connectivity index (χ3v) is 4.93. The van der Waals surface area contributed by atoms with Crippen LogP contribution in [0.3, 0.4) is 0 Å². The molecule has 0 N–H and O–H groups in total. The van der Waals surface area contributed by atoms with Gasteiger partial charge in [0, 0.05) is 34.3 Å². The summed E-state index contributed by atoms with van der Waals surface area (Å²) in [6, 6.07) is 12.6. The molecule has 0 aliphatic rings. The van der Waals surface area contributed by atoms with Gasteiger partial charge < -0.3 is 0 Å². The largest absolute Gasteiger partial charge is 0.265 e. The molecule has 0 saturated carbocycles. The summed E-state index contributed by atoms with van der Waals surface area (Å²) >= 11 is 7.69. The number of benzene rings is 1. The van der Waals surface area contributed by atoms with E-state index in [0.717, 1.165) is 34.7 Å². The normalized spacial score (nSPS) is 10.8. The average molecular weight is 329 g/mol. The molecule has 0 radical (unpaired) electrons. The summed E-state index contributed by atoms with van der Waals surface area (Å²) in [5.41, 5.74) is 4.66. The first-order valence-corrected chi connectivity index (χ1v) is 8.72. The van der Waals surface area contributed by atoms with Crippen molar-refractivity contribution in [1.82, 2.24) is 9.97 Å². The predicted molar refractivity (Wildman–Crippen MR) is 94.6 cm³/mol. The molecular weight excluding hydrogens is 312 g/mol. The van der Waals surface area contributed by atoms with Gasteiger partial charge in [0.25, 0.3) is 0 Å². The van der Waals surface area contributed by atoms with Crippen LogP contribution in [0.4, 0.5) is 0 Å². The van der Waals surface area contributed by atoms with Gasteiger partial charge in [-0.25, -0.2) is 4.98 Å². The Morgan fingerprint density at radius 2 is 1.73 bits per heavy atom. The first-order chi connectivity index (χ1) is 10.8. The fraction of sp³-hybridized carbons (Fsp3) is 0.222. The number of rotatable bonds is 5. The summed E-state index contributed by atoms with van der Waals surface area (Å²) in [5, 5.41) is 1.03. The van der Waals surface area contributed by atoms with Crippen molar-refractivity contribution in [1.29, 1.82) is 0 Å². The summed E-state index contributed by atoms with van der Waals surface area (Å²) in [4.78, 5) is 10.2. The predicted octanol–water partition coefficient (Wildman–Crippen LogP) is 5.22. The van der Waals surface area contributed by atoms with E-state index in [1.54, 1.807) is 23.7 Å². The minimum atomic E-state index is 0.609. The average Bonchev–Trinajstić information content (AvgIpc) is 3.00. The third kappa shape index (κ3) is 3.21. The number of nitrogens with zero attached hydrogens (tertiary/aromatic N) is 2. The van der Waals surface area contributed by atoms with Gasteiger partial charge in [-0.2, -0.15) is 0 Å². The molecule has 22 heavy (non-hydrogen) atoms. The number of halogens is 1. The SMILES string of the molecule is CCc1ccc(-c2nc(-c3ccncc3)sc2CCCl)cc1. The molecule has 0 bridgehead atoms. The Morgan fingerprint density at radius 3 is 2.36 bits per heavy atom. The van der Waals surface area contributed by atoms with E-state index in [0.29, 0.717) is 5.88 Å². The van der Waals surface area contributed by atoms with Gasteiger partial charge in [-0.05, 0) is 30.5 Å². The summed E-state index contributed by atoms with van der Waals surface area (Å²) in [6.07, 6.45) is 5.49. The van der Waals surface area contributed by atoms with Crippen molar-refractivity contribution in [3.05, 3.63) is 59.2 Å². The minimum absolute atomic E-state index is 0.609. The molecule has 3 aromatic rings. The number of hydrogen-bond acceptors (Lipinski definition) is 3. The van der Waals surface area contributed by atoms with E-state index in [2.05, 4.69) is 36.2 Å². The number of alkyl halides is 1. The van der Waals surface area contributed by atoms with Crippen LogP contribution in [0.2, 0.25) is 0 Å². The number of aryl methyl sites for hydroxylation is 2. The maximum absolute atomic E-state index is 5.97. The van der Waals surface area contributed by atoms with Gasteiger partial charge in [0.2, 0.25) is 0 Å². The zero-order valence-corrected chi connectivity index (χ0v) is 14.0. The first kappa shape index (κ1) is 15.2. The van der Waals surface area contributed by atoms with Crippen LogP contribution in [0.25, 0.3) is 21.8 Å². The zero-order valence-electron chi connectivity index (χ0n) is 12.4. The van der Waals surface area contributed by atoms with Gasteiger partial charge in [0.15, 0.2) is 0 Å². The van der Waals surface area contributed by atoms with Crippen LogP contribution in [0.1, 0.15) is 17.4 Å². The Labute approximate surface area is 139 Å². The fourth-order valence-corrected chi connectivity index (χ4v) is 3.74. The molecular formula is C18H17ClN2S. The molecule has 1 aromatic carbocycles. The second-order valence-electron chi connectivity index (χ2n) is 5.02. The standard InChI is InChI=1S/C18H17ClN2S/c1-2-13-3-5-14(6-4-13)17-16(7-10-19)22-18(21-17)15-8-11-20-12-9-15/h3-6,8-9,11-12H,2,7,10H2,1H3. The Balaban J connectivity index is 2.03. The second kappa shape index (κ2) is 7.03. The van der Waals surface area contributed by atoms with Crippen molar-refractivity contribution >= 4 is 22.9 Å². The molecule has 0 saturated heterocycles. The van der Waals surface area contributed by atoms with Gasteiger partial charge in [-0.3, -0.25) is 4.98 Å². The Morgan fingerprint density at radius 1 is 1.00 bits per heavy atom. The van der Waals surface area contributed by atoms with Crippen molar-refractivity contribution in [2.45, 2.75) is 19.8 Å². The van der Waals surface area contributed by atoms with Crippen LogP contribution in [-0.4, -0.2) is 15.8 Å². The second-order valence-corrected chi connectivity index (χ2v) is 6.48. The highest BCUT2D eigenvalue weighted by atomic mass is 35.5. The highest BCUT2D eigenvalue weighted by molar-refractivity contribution is 7.15. The summed E-state index contributed by atoms with van der Waals surface area (Å²) in [7, 11) is 0. The van der Waals surface area contributed by atoms with Gasteiger partial charge >= 0.3 is 0 Å². The van der Waals surface area contributed by atoms with Crippen LogP contribution in [-0.2, 0) is 12.8 Å². The topological polar surface area (TPSA) is 25.8 Å². The summed E-state index contributed by atoms with van der Waals surface area (Å²) in [5.74, 6) is 0.609. The molecule has 3 rings (SSSR count). The van der Waals surface area contributed by atoms with Crippen LogP contribution in [0, 0.1) is 0 Å². The number of aromatic nitrogens is 2. The lowest BCUT2D eigenvalue weighted by atomic mass is 10.1. The van der Waals surface area contributed by atoms with Crippen LogP contribution >= 0.6 is 22.9 Å². The molecule has 0 unspecified atom stereocenters. The molecule has 0 atom stereocenters. The van der Waals surface area contributed by atoms with Gasteiger partial charge in [0.05, 0.1) is 5.69 Å². The lowest BCUT2D eigenvalue weighted by Crippen LogP contribution is -1.88. The van der Waals surface area contributed by atoms with Gasteiger partial charge in [-0.1, -0.05) is 31.2 Å². The Bertz CT molecular complexity index is 736. The van der Waals surface area contributed by atoms with Crippen LogP contribution in [0.15, 0.2) is 48.8 Å². The molecule has 0 amide bonds. The van der Waals surface area contributed by atoms with Crippen LogP contribution in [0.5, 0.6) is 0 Å². The van der Waals surface area contributed by atoms with Crippen LogP contribution < -0.4 is 0 Å². The third-order valence-electron chi connectivity index (χ3n) is 3.58. The van der Waals surface area contributed by atoms with Crippen molar-refractivity contribution in [3.63, 3.8) is 0 Å². The maximum atomic E-state index is 5.97. The molecule has 4 heteroatoms. The molecule has 0 spiro atoms. The van der Waals surface area contributed by atoms with Crippen molar-refractivity contribution in [2.75, 3.05) is 5.88 Å². The molecule has 0 aliphatic carbocycles.